The van der Waals surface area contributed by atoms with E-state index in [9.17, 15) is 4.79 Å². The Morgan fingerprint density at radius 2 is 2.08 bits per heavy atom. The molecule has 1 N–H and O–H groups in total. The molecule has 1 fully saturated rings. The Morgan fingerprint density at radius 3 is 2.68 bits per heavy atom. The van der Waals surface area contributed by atoms with Crippen LogP contribution < -0.4 is 5.32 Å². The summed E-state index contributed by atoms with van der Waals surface area (Å²) < 4.78 is 13.0. The smallest absolute Gasteiger partial charge is 0.254 e. The number of furan rings is 1. The molecule has 0 aliphatic carbocycles. The zero-order valence-electron chi connectivity index (χ0n) is 15.1. The maximum absolute atomic E-state index is 12.5. The molecule has 0 bridgehead atoms. The van der Waals surface area contributed by atoms with Crippen molar-refractivity contribution in [2.24, 2.45) is 0 Å². The standard InChI is InChI=1S/C18H26N4O3/c1-13(2)22-12-15(10-20-22)18(23)19-11-16(17-5-4-14(3)25-17)21-6-8-24-9-7-21/h4-5,10,12-13,16H,6-9,11H2,1-3H3,(H,19,23)/t16-/m1/s1. The lowest BCUT2D eigenvalue weighted by Crippen LogP contribution is -2.43. The summed E-state index contributed by atoms with van der Waals surface area (Å²) in [5.41, 5.74) is 0.574. The van der Waals surface area contributed by atoms with Gasteiger partial charge < -0.3 is 14.5 Å². The van der Waals surface area contributed by atoms with Crippen molar-refractivity contribution in [2.75, 3.05) is 32.8 Å². The van der Waals surface area contributed by atoms with E-state index in [4.69, 9.17) is 9.15 Å². The first-order valence-electron chi connectivity index (χ1n) is 8.75. The summed E-state index contributed by atoms with van der Waals surface area (Å²) in [5.74, 6) is 1.63. The van der Waals surface area contributed by atoms with Gasteiger partial charge in [-0.2, -0.15) is 5.10 Å². The first-order chi connectivity index (χ1) is 12.0. The lowest BCUT2D eigenvalue weighted by molar-refractivity contribution is 0.0117. The molecule has 0 spiro atoms. The van der Waals surface area contributed by atoms with Gasteiger partial charge in [0.05, 0.1) is 31.0 Å². The molecule has 1 saturated heterocycles. The molecule has 0 radical (unpaired) electrons. The SMILES string of the molecule is Cc1ccc([C@@H](CNC(=O)c2cnn(C(C)C)c2)N2CCOCC2)o1. The molecular formula is C18H26N4O3. The molecule has 25 heavy (non-hydrogen) atoms. The van der Waals surface area contributed by atoms with Crippen molar-refractivity contribution in [2.45, 2.75) is 32.9 Å². The Hall–Kier alpha value is -2.12. The van der Waals surface area contributed by atoms with Crippen LogP contribution in [-0.4, -0.2) is 53.4 Å². The highest BCUT2D eigenvalue weighted by Crippen LogP contribution is 2.23. The fourth-order valence-corrected chi connectivity index (χ4v) is 2.96. The number of aryl methyl sites for hydroxylation is 1. The molecule has 3 heterocycles. The Labute approximate surface area is 147 Å². The molecule has 0 aromatic carbocycles. The number of nitrogens with zero attached hydrogens (tertiary/aromatic N) is 3. The van der Waals surface area contributed by atoms with E-state index in [2.05, 4.69) is 15.3 Å². The Kier molecular flexibility index (Phi) is 5.55. The van der Waals surface area contributed by atoms with Gasteiger partial charge in [0.25, 0.3) is 5.91 Å². The molecule has 2 aromatic rings. The van der Waals surface area contributed by atoms with Crippen LogP contribution in [0.5, 0.6) is 0 Å². The Morgan fingerprint density at radius 1 is 1.32 bits per heavy atom. The fraction of sp³-hybridized carbons (Fsp3) is 0.556. The van der Waals surface area contributed by atoms with Crippen LogP contribution in [0.15, 0.2) is 28.9 Å². The Bertz CT molecular complexity index is 701. The molecule has 7 nitrogen and oxygen atoms in total. The summed E-state index contributed by atoms with van der Waals surface area (Å²) in [6.45, 7) is 9.52. The number of morpholine rings is 1. The maximum atomic E-state index is 12.5. The zero-order chi connectivity index (χ0) is 17.8. The van der Waals surface area contributed by atoms with Crippen molar-refractivity contribution in [1.29, 1.82) is 0 Å². The highest BCUT2D eigenvalue weighted by molar-refractivity contribution is 5.93. The van der Waals surface area contributed by atoms with Gasteiger partial charge in [-0.05, 0) is 32.9 Å². The number of carbonyl (C=O) groups excluding carboxylic acids is 1. The second kappa shape index (κ2) is 7.84. The Balaban J connectivity index is 1.68. The average Bonchev–Trinajstić information content (AvgIpc) is 3.25. The van der Waals surface area contributed by atoms with Gasteiger partial charge in [0.1, 0.15) is 11.5 Å². The topological polar surface area (TPSA) is 72.5 Å². The minimum Gasteiger partial charge on any atom is -0.465 e. The van der Waals surface area contributed by atoms with E-state index in [1.165, 1.54) is 0 Å². The van der Waals surface area contributed by atoms with Crippen LogP contribution in [0.2, 0.25) is 0 Å². The molecular weight excluding hydrogens is 320 g/mol. The van der Waals surface area contributed by atoms with Crippen LogP contribution in [0.3, 0.4) is 0 Å². The van der Waals surface area contributed by atoms with Crippen LogP contribution in [0.4, 0.5) is 0 Å². The quantitative estimate of drug-likeness (QED) is 0.868. The molecule has 0 saturated carbocycles. The number of aromatic nitrogens is 2. The third-order valence-corrected chi connectivity index (χ3v) is 4.42. The maximum Gasteiger partial charge on any atom is 0.254 e. The van der Waals surface area contributed by atoms with Crippen molar-refractivity contribution in [1.82, 2.24) is 20.0 Å². The van der Waals surface area contributed by atoms with Gasteiger partial charge in [-0.15, -0.1) is 0 Å². The number of hydrogen-bond donors (Lipinski definition) is 1. The zero-order valence-corrected chi connectivity index (χ0v) is 15.1. The molecule has 0 unspecified atom stereocenters. The number of nitrogens with one attached hydrogen (secondary N) is 1. The minimum atomic E-state index is -0.117. The van der Waals surface area contributed by atoms with E-state index in [0.29, 0.717) is 25.3 Å². The molecule has 7 heteroatoms. The molecule has 1 aliphatic heterocycles. The lowest BCUT2D eigenvalue weighted by Gasteiger charge is -2.33. The molecule has 3 rings (SSSR count). The molecule has 136 valence electrons. The third kappa shape index (κ3) is 4.29. The molecule has 1 aliphatic rings. The van der Waals surface area contributed by atoms with Crippen molar-refractivity contribution < 1.29 is 13.9 Å². The molecule has 1 atom stereocenters. The van der Waals surface area contributed by atoms with E-state index in [0.717, 1.165) is 24.6 Å². The second-order valence-corrected chi connectivity index (χ2v) is 6.63. The highest BCUT2D eigenvalue weighted by Gasteiger charge is 2.26. The van der Waals surface area contributed by atoms with Gasteiger partial charge in [-0.1, -0.05) is 0 Å². The van der Waals surface area contributed by atoms with E-state index < -0.39 is 0 Å². The van der Waals surface area contributed by atoms with Crippen LogP contribution in [0.25, 0.3) is 0 Å². The number of hydrogen-bond acceptors (Lipinski definition) is 5. The van der Waals surface area contributed by atoms with Gasteiger partial charge in [0, 0.05) is 31.9 Å². The fourth-order valence-electron chi connectivity index (χ4n) is 2.96. The van der Waals surface area contributed by atoms with Crippen LogP contribution in [0.1, 0.15) is 47.8 Å². The number of ether oxygens (including phenoxy) is 1. The van der Waals surface area contributed by atoms with E-state index in [1.807, 2.05) is 32.9 Å². The van der Waals surface area contributed by atoms with Gasteiger partial charge in [0.15, 0.2) is 0 Å². The summed E-state index contributed by atoms with van der Waals surface area (Å²) in [4.78, 5) is 14.8. The summed E-state index contributed by atoms with van der Waals surface area (Å²) in [6, 6.07) is 4.17. The predicted octanol–water partition coefficient (Wildman–Crippen LogP) is 2.17. The van der Waals surface area contributed by atoms with E-state index >= 15 is 0 Å². The van der Waals surface area contributed by atoms with Gasteiger partial charge in [-0.25, -0.2) is 0 Å². The predicted molar refractivity (Wildman–Crippen MR) is 93.5 cm³/mol. The van der Waals surface area contributed by atoms with E-state index in [1.54, 1.807) is 17.1 Å². The van der Waals surface area contributed by atoms with Crippen molar-refractivity contribution >= 4 is 5.91 Å². The first-order valence-corrected chi connectivity index (χ1v) is 8.75. The normalized spacial score (nSPS) is 17.0. The van der Waals surface area contributed by atoms with Gasteiger partial charge in [0.2, 0.25) is 0 Å². The van der Waals surface area contributed by atoms with Crippen molar-refractivity contribution in [3.05, 3.63) is 41.6 Å². The highest BCUT2D eigenvalue weighted by atomic mass is 16.5. The minimum absolute atomic E-state index is 0.00157. The van der Waals surface area contributed by atoms with Crippen LogP contribution in [0, 0.1) is 6.92 Å². The van der Waals surface area contributed by atoms with Crippen molar-refractivity contribution in [3.8, 4) is 0 Å². The first kappa shape index (κ1) is 17.7. The lowest BCUT2D eigenvalue weighted by atomic mass is 10.1. The number of amides is 1. The monoisotopic (exact) mass is 346 g/mol. The molecule has 1 amide bonds. The van der Waals surface area contributed by atoms with Gasteiger partial charge in [-0.3, -0.25) is 14.4 Å². The van der Waals surface area contributed by atoms with Crippen LogP contribution >= 0.6 is 0 Å². The summed E-state index contributed by atoms with van der Waals surface area (Å²) in [7, 11) is 0. The molecule has 2 aromatic heterocycles. The number of rotatable bonds is 6. The van der Waals surface area contributed by atoms with Crippen molar-refractivity contribution in [3.63, 3.8) is 0 Å². The third-order valence-electron chi connectivity index (χ3n) is 4.42. The number of carbonyl (C=O) groups is 1. The summed E-state index contributed by atoms with van der Waals surface area (Å²) in [5, 5.41) is 7.25. The summed E-state index contributed by atoms with van der Waals surface area (Å²) >= 11 is 0. The summed E-state index contributed by atoms with van der Waals surface area (Å²) in [6.07, 6.45) is 3.39. The largest absolute Gasteiger partial charge is 0.465 e. The average molecular weight is 346 g/mol. The van der Waals surface area contributed by atoms with Gasteiger partial charge >= 0.3 is 0 Å². The van der Waals surface area contributed by atoms with Crippen LogP contribution in [-0.2, 0) is 4.74 Å². The second-order valence-electron chi connectivity index (χ2n) is 6.63. The van der Waals surface area contributed by atoms with E-state index in [-0.39, 0.29) is 18.0 Å².